The molecule has 7 nitrogen and oxygen atoms in total. The number of hydrogen-bond acceptors (Lipinski definition) is 4. The zero-order chi connectivity index (χ0) is 21.8. The first-order valence-electron chi connectivity index (χ1n) is 11.0. The van der Waals surface area contributed by atoms with Crippen LogP contribution in [0.4, 0.5) is 10.5 Å². The summed E-state index contributed by atoms with van der Waals surface area (Å²) < 4.78 is 11.1. The van der Waals surface area contributed by atoms with Gasteiger partial charge in [0.05, 0.1) is 32.7 Å². The van der Waals surface area contributed by atoms with Crippen molar-refractivity contribution in [1.29, 1.82) is 0 Å². The summed E-state index contributed by atoms with van der Waals surface area (Å²) in [6.07, 6.45) is 0. The maximum Gasteiger partial charge on any atom is 0.315 e. The van der Waals surface area contributed by atoms with Crippen LogP contribution in [-0.2, 0) is 0 Å². The monoisotopic (exact) mass is 425 g/mol. The van der Waals surface area contributed by atoms with Gasteiger partial charge in [0.1, 0.15) is 6.04 Å². The molecule has 2 aromatic rings. The minimum Gasteiger partial charge on any atom is -0.454 e. The van der Waals surface area contributed by atoms with Gasteiger partial charge in [-0.3, -0.25) is 0 Å². The van der Waals surface area contributed by atoms with Gasteiger partial charge >= 0.3 is 6.03 Å². The van der Waals surface area contributed by atoms with Crippen molar-refractivity contribution in [3.8, 4) is 11.5 Å². The predicted molar refractivity (Wildman–Crippen MR) is 121 cm³/mol. The molecule has 0 saturated carbocycles. The lowest BCUT2D eigenvalue weighted by Gasteiger charge is -2.38. The molecular weight excluding hydrogens is 392 g/mol. The lowest BCUT2D eigenvalue weighted by molar-refractivity contribution is -0.931. The average molecular weight is 426 g/mol. The predicted octanol–water partition coefficient (Wildman–Crippen LogP) is 1.96. The summed E-state index contributed by atoms with van der Waals surface area (Å²) in [5.41, 5.74) is 2.15. The fourth-order valence-electron chi connectivity index (χ4n) is 4.25. The Kier molecular flexibility index (Phi) is 6.23. The van der Waals surface area contributed by atoms with Crippen LogP contribution in [0.25, 0.3) is 0 Å². The highest BCUT2D eigenvalue weighted by atomic mass is 16.7. The number of piperazine rings is 1. The standard InChI is InChI=1S/C24H32N4O3/c1-24(2,3)26-23(29)25-16-20(18-9-10-21-22(15-18)31-17-30-21)28-13-11-27(12-14-28)19-7-5-4-6-8-19/h4-10,15,20H,11-14,16-17H2,1-3H3,(H2,25,26,29)/p+1/t20-/m0/s1. The van der Waals surface area contributed by atoms with Crippen molar-refractivity contribution < 1.29 is 19.2 Å². The highest BCUT2D eigenvalue weighted by molar-refractivity contribution is 5.74. The number of urea groups is 1. The van der Waals surface area contributed by atoms with E-state index in [1.165, 1.54) is 10.6 Å². The largest absolute Gasteiger partial charge is 0.454 e. The summed E-state index contributed by atoms with van der Waals surface area (Å²) in [7, 11) is 0. The lowest BCUT2D eigenvalue weighted by atomic mass is 10.0. The summed E-state index contributed by atoms with van der Waals surface area (Å²) in [6.45, 7) is 10.7. The van der Waals surface area contributed by atoms with Crippen molar-refractivity contribution in [2.45, 2.75) is 32.4 Å². The Bertz CT molecular complexity index is 889. The van der Waals surface area contributed by atoms with Crippen molar-refractivity contribution in [3.05, 3.63) is 54.1 Å². The summed E-state index contributed by atoms with van der Waals surface area (Å²) in [5.74, 6) is 1.56. The zero-order valence-electron chi connectivity index (χ0n) is 18.6. The lowest BCUT2D eigenvalue weighted by Crippen LogP contribution is -3.15. The van der Waals surface area contributed by atoms with E-state index < -0.39 is 0 Å². The molecule has 2 aromatic carbocycles. The van der Waals surface area contributed by atoms with Gasteiger partial charge in [-0.25, -0.2) is 4.79 Å². The third-order valence-electron chi connectivity index (χ3n) is 5.77. The van der Waals surface area contributed by atoms with Crippen molar-refractivity contribution in [2.75, 3.05) is 44.4 Å². The van der Waals surface area contributed by atoms with Gasteiger partial charge in [-0.05, 0) is 51.1 Å². The van der Waals surface area contributed by atoms with Gasteiger partial charge in [0.15, 0.2) is 11.5 Å². The highest BCUT2D eigenvalue weighted by Crippen LogP contribution is 2.33. The number of nitrogens with one attached hydrogen (secondary N) is 3. The SMILES string of the molecule is CC(C)(C)NC(=O)NC[C@@H](c1ccc2c(c1)OCO2)[NH+]1CCN(c2ccccc2)CC1. The van der Waals surface area contributed by atoms with E-state index in [2.05, 4.69) is 58.0 Å². The van der Waals surface area contributed by atoms with Gasteiger partial charge in [-0.1, -0.05) is 18.2 Å². The van der Waals surface area contributed by atoms with Gasteiger partial charge in [0, 0.05) is 16.8 Å². The molecule has 2 amide bonds. The smallest absolute Gasteiger partial charge is 0.315 e. The summed E-state index contributed by atoms with van der Waals surface area (Å²) >= 11 is 0. The van der Waals surface area contributed by atoms with E-state index in [-0.39, 0.29) is 24.4 Å². The van der Waals surface area contributed by atoms with Crippen LogP contribution >= 0.6 is 0 Å². The first kappa shape index (κ1) is 21.3. The van der Waals surface area contributed by atoms with Crippen molar-refractivity contribution in [3.63, 3.8) is 0 Å². The highest BCUT2D eigenvalue weighted by Gasteiger charge is 2.31. The van der Waals surface area contributed by atoms with E-state index in [9.17, 15) is 4.79 Å². The minimum absolute atomic E-state index is 0.137. The van der Waals surface area contributed by atoms with Gasteiger partial charge in [-0.2, -0.15) is 0 Å². The molecule has 1 saturated heterocycles. The molecule has 31 heavy (non-hydrogen) atoms. The number of fused-ring (bicyclic) bond motifs is 1. The van der Waals surface area contributed by atoms with Crippen LogP contribution in [0.15, 0.2) is 48.5 Å². The van der Waals surface area contributed by atoms with Crippen molar-refractivity contribution in [1.82, 2.24) is 10.6 Å². The van der Waals surface area contributed by atoms with Crippen LogP contribution in [0.1, 0.15) is 32.4 Å². The van der Waals surface area contributed by atoms with Gasteiger partial charge in [-0.15, -0.1) is 0 Å². The normalized spacial score (nSPS) is 17.3. The molecule has 1 atom stereocenters. The molecule has 2 heterocycles. The van der Waals surface area contributed by atoms with Crippen LogP contribution < -0.4 is 29.9 Å². The van der Waals surface area contributed by atoms with E-state index in [1.807, 2.05) is 26.8 Å². The Morgan fingerprint density at radius 1 is 1.06 bits per heavy atom. The van der Waals surface area contributed by atoms with Crippen LogP contribution in [0.5, 0.6) is 11.5 Å². The maximum atomic E-state index is 12.4. The van der Waals surface area contributed by atoms with E-state index in [4.69, 9.17) is 9.47 Å². The van der Waals surface area contributed by atoms with Gasteiger partial charge in [0.2, 0.25) is 6.79 Å². The number of ether oxygens (including phenoxy) is 2. The number of carbonyl (C=O) groups is 1. The fraction of sp³-hybridized carbons (Fsp3) is 0.458. The summed E-state index contributed by atoms with van der Waals surface area (Å²) in [5, 5.41) is 6.08. The number of benzene rings is 2. The number of rotatable bonds is 5. The van der Waals surface area contributed by atoms with Crippen LogP contribution in [0, 0.1) is 0 Å². The first-order chi connectivity index (χ1) is 14.9. The molecule has 7 heteroatoms. The minimum atomic E-state index is -0.271. The number of amides is 2. The molecule has 1 fully saturated rings. The second kappa shape index (κ2) is 9.06. The third-order valence-corrected chi connectivity index (χ3v) is 5.77. The molecule has 166 valence electrons. The second-order valence-corrected chi connectivity index (χ2v) is 9.23. The molecule has 0 aliphatic carbocycles. The maximum absolute atomic E-state index is 12.4. The molecular formula is C24H33N4O3+. The zero-order valence-corrected chi connectivity index (χ0v) is 18.6. The molecule has 0 radical (unpaired) electrons. The summed E-state index contributed by atoms with van der Waals surface area (Å²) in [6, 6.07) is 16.7. The van der Waals surface area contributed by atoms with E-state index in [1.54, 1.807) is 0 Å². The topological polar surface area (TPSA) is 67.3 Å². The molecule has 4 rings (SSSR count). The van der Waals surface area contributed by atoms with E-state index >= 15 is 0 Å². The number of anilines is 1. The quantitative estimate of drug-likeness (QED) is 0.685. The number of hydrogen-bond donors (Lipinski definition) is 3. The molecule has 3 N–H and O–H groups in total. The number of carbonyl (C=O) groups excluding carboxylic acids is 1. The molecule has 0 unspecified atom stereocenters. The first-order valence-corrected chi connectivity index (χ1v) is 11.0. The Morgan fingerprint density at radius 2 is 1.77 bits per heavy atom. The van der Waals surface area contributed by atoms with Gasteiger partial charge < -0.3 is 29.9 Å². The average Bonchev–Trinajstić information content (AvgIpc) is 3.22. The second-order valence-electron chi connectivity index (χ2n) is 9.23. The van der Waals surface area contributed by atoms with Crippen molar-refractivity contribution >= 4 is 11.7 Å². The van der Waals surface area contributed by atoms with E-state index in [0.29, 0.717) is 6.54 Å². The number of quaternary nitrogens is 1. The van der Waals surface area contributed by atoms with Crippen LogP contribution in [0.2, 0.25) is 0 Å². The molecule has 2 aliphatic heterocycles. The third kappa shape index (κ3) is 5.41. The van der Waals surface area contributed by atoms with E-state index in [0.717, 1.165) is 43.2 Å². The number of nitrogens with zero attached hydrogens (tertiary/aromatic N) is 1. The Hall–Kier alpha value is -2.93. The Labute approximate surface area is 184 Å². The summed E-state index contributed by atoms with van der Waals surface area (Å²) in [4.78, 5) is 16.3. The molecule has 0 spiro atoms. The Morgan fingerprint density at radius 3 is 2.48 bits per heavy atom. The molecule has 2 aliphatic rings. The van der Waals surface area contributed by atoms with Crippen molar-refractivity contribution in [2.24, 2.45) is 0 Å². The molecule has 0 aromatic heterocycles. The van der Waals surface area contributed by atoms with Crippen LogP contribution in [0.3, 0.4) is 0 Å². The number of para-hydroxylation sites is 1. The van der Waals surface area contributed by atoms with Crippen LogP contribution in [-0.4, -0.2) is 51.1 Å². The van der Waals surface area contributed by atoms with Gasteiger partial charge in [0.25, 0.3) is 0 Å². The molecule has 0 bridgehead atoms. The fourth-order valence-corrected chi connectivity index (χ4v) is 4.25. The Balaban J connectivity index is 1.47.